The van der Waals surface area contributed by atoms with E-state index < -0.39 is 0 Å². The van der Waals surface area contributed by atoms with Crippen LogP contribution < -0.4 is 11.1 Å². The lowest BCUT2D eigenvalue weighted by atomic mass is 10.1. The number of amides is 2. The van der Waals surface area contributed by atoms with Crippen molar-refractivity contribution in [3.8, 4) is 0 Å². The second-order valence-corrected chi connectivity index (χ2v) is 3.64. The molecule has 0 bridgehead atoms. The number of carbonyl (C=O) groups excluding carboxylic acids is 2. The molecule has 1 heterocycles. The predicted octanol–water partition coefficient (Wildman–Crippen LogP) is -1.07. The van der Waals surface area contributed by atoms with Gasteiger partial charge in [-0.2, -0.15) is 0 Å². The SMILES string of the molecule is CC(=O)NCC(=O)N1CCC(CN)C1. The summed E-state index contributed by atoms with van der Waals surface area (Å²) in [5.41, 5.74) is 5.51. The van der Waals surface area contributed by atoms with Crippen molar-refractivity contribution in [3.63, 3.8) is 0 Å². The van der Waals surface area contributed by atoms with Crippen LogP contribution >= 0.6 is 0 Å². The van der Waals surface area contributed by atoms with Gasteiger partial charge in [-0.05, 0) is 18.9 Å². The summed E-state index contributed by atoms with van der Waals surface area (Å²) in [4.78, 5) is 23.8. The first kappa shape index (κ1) is 11.0. The van der Waals surface area contributed by atoms with Gasteiger partial charge in [0.15, 0.2) is 0 Å². The second-order valence-electron chi connectivity index (χ2n) is 3.64. The molecule has 5 heteroatoms. The number of nitrogens with zero attached hydrogens (tertiary/aromatic N) is 1. The Kier molecular flexibility index (Phi) is 3.88. The molecule has 1 atom stereocenters. The first-order valence-corrected chi connectivity index (χ1v) is 4.85. The summed E-state index contributed by atoms with van der Waals surface area (Å²) in [6, 6.07) is 0. The molecule has 1 fully saturated rings. The van der Waals surface area contributed by atoms with Gasteiger partial charge in [-0.25, -0.2) is 0 Å². The summed E-state index contributed by atoms with van der Waals surface area (Å²) >= 11 is 0. The Morgan fingerprint density at radius 2 is 2.29 bits per heavy atom. The quantitative estimate of drug-likeness (QED) is 0.607. The Bertz CT molecular complexity index is 230. The van der Waals surface area contributed by atoms with Crippen LogP contribution in [0.15, 0.2) is 0 Å². The van der Waals surface area contributed by atoms with Gasteiger partial charge in [0, 0.05) is 20.0 Å². The molecule has 14 heavy (non-hydrogen) atoms. The van der Waals surface area contributed by atoms with Gasteiger partial charge >= 0.3 is 0 Å². The minimum absolute atomic E-state index is 0.0175. The van der Waals surface area contributed by atoms with Crippen LogP contribution in [0, 0.1) is 5.92 Å². The fraction of sp³-hybridized carbons (Fsp3) is 0.778. The lowest BCUT2D eigenvalue weighted by molar-refractivity contribution is -0.131. The Hall–Kier alpha value is -1.10. The lowest BCUT2D eigenvalue weighted by Crippen LogP contribution is -2.38. The highest BCUT2D eigenvalue weighted by Crippen LogP contribution is 2.14. The van der Waals surface area contributed by atoms with E-state index in [0.29, 0.717) is 12.5 Å². The number of rotatable bonds is 3. The molecule has 0 spiro atoms. The Morgan fingerprint density at radius 1 is 1.57 bits per heavy atom. The zero-order chi connectivity index (χ0) is 10.6. The van der Waals surface area contributed by atoms with Gasteiger partial charge in [0.05, 0.1) is 6.54 Å². The molecule has 2 amide bonds. The van der Waals surface area contributed by atoms with E-state index in [-0.39, 0.29) is 18.4 Å². The zero-order valence-corrected chi connectivity index (χ0v) is 8.45. The van der Waals surface area contributed by atoms with Gasteiger partial charge in [-0.15, -0.1) is 0 Å². The van der Waals surface area contributed by atoms with Gasteiger partial charge in [-0.3, -0.25) is 9.59 Å². The van der Waals surface area contributed by atoms with E-state index in [1.807, 2.05) is 0 Å². The number of likely N-dealkylation sites (tertiary alicyclic amines) is 1. The molecule has 1 aliphatic heterocycles. The van der Waals surface area contributed by atoms with Crippen LogP contribution in [0.3, 0.4) is 0 Å². The molecule has 0 aliphatic carbocycles. The Balaban J connectivity index is 2.28. The molecule has 0 saturated carbocycles. The average molecular weight is 199 g/mol. The van der Waals surface area contributed by atoms with Gasteiger partial charge in [0.1, 0.15) is 0 Å². The van der Waals surface area contributed by atoms with E-state index in [1.54, 1.807) is 4.90 Å². The van der Waals surface area contributed by atoms with Crippen LogP contribution in [-0.4, -0.2) is 42.9 Å². The molecule has 80 valence electrons. The van der Waals surface area contributed by atoms with Crippen LogP contribution in [0.1, 0.15) is 13.3 Å². The molecule has 0 aromatic heterocycles. The van der Waals surface area contributed by atoms with Gasteiger partial charge in [0.25, 0.3) is 0 Å². The Morgan fingerprint density at radius 3 is 2.79 bits per heavy atom. The average Bonchev–Trinajstić information content (AvgIpc) is 2.62. The van der Waals surface area contributed by atoms with Crippen molar-refractivity contribution in [1.82, 2.24) is 10.2 Å². The van der Waals surface area contributed by atoms with Crippen LogP contribution in [0.5, 0.6) is 0 Å². The van der Waals surface area contributed by atoms with Crippen LogP contribution in [0.2, 0.25) is 0 Å². The van der Waals surface area contributed by atoms with Crippen molar-refractivity contribution in [2.45, 2.75) is 13.3 Å². The first-order valence-electron chi connectivity index (χ1n) is 4.85. The third kappa shape index (κ3) is 2.99. The summed E-state index contributed by atoms with van der Waals surface area (Å²) in [7, 11) is 0. The number of carbonyl (C=O) groups is 2. The highest BCUT2D eigenvalue weighted by atomic mass is 16.2. The van der Waals surface area contributed by atoms with Crippen molar-refractivity contribution in [2.24, 2.45) is 11.7 Å². The molecule has 1 unspecified atom stereocenters. The summed E-state index contributed by atoms with van der Waals surface area (Å²) in [6.45, 7) is 3.63. The van der Waals surface area contributed by atoms with Gasteiger partial charge < -0.3 is 16.0 Å². The highest BCUT2D eigenvalue weighted by molar-refractivity contribution is 5.83. The van der Waals surface area contributed by atoms with E-state index in [2.05, 4.69) is 5.32 Å². The standard InChI is InChI=1S/C9H17N3O2/c1-7(13)11-5-9(14)12-3-2-8(4-10)6-12/h8H,2-6,10H2,1H3,(H,11,13). The van der Waals surface area contributed by atoms with E-state index in [9.17, 15) is 9.59 Å². The summed E-state index contributed by atoms with van der Waals surface area (Å²) in [5, 5.41) is 2.49. The zero-order valence-electron chi connectivity index (χ0n) is 8.45. The van der Waals surface area contributed by atoms with Crippen LogP contribution in [0.25, 0.3) is 0 Å². The molecular weight excluding hydrogens is 182 g/mol. The minimum atomic E-state index is -0.173. The molecule has 0 aromatic rings. The third-order valence-electron chi connectivity index (χ3n) is 2.46. The van der Waals surface area contributed by atoms with E-state index in [0.717, 1.165) is 19.5 Å². The van der Waals surface area contributed by atoms with E-state index >= 15 is 0 Å². The largest absolute Gasteiger partial charge is 0.347 e. The van der Waals surface area contributed by atoms with Crippen molar-refractivity contribution < 1.29 is 9.59 Å². The molecule has 0 aromatic carbocycles. The number of nitrogens with one attached hydrogen (secondary N) is 1. The molecule has 1 aliphatic rings. The Labute approximate surface area is 83.6 Å². The van der Waals surface area contributed by atoms with E-state index in [1.165, 1.54) is 6.92 Å². The highest BCUT2D eigenvalue weighted by Gasteiger charge is 2.24. The van der Waals surface area contributed by atoms with Crippen LogP contribution in [0.4, 0.5) is 0 Å². The van der Waals surface area contributed by atoms with Gasteiger partial charge in [0.2, 0.25) is 11.8 Å². The van der Waals surface area contributed by atoms with E-state index in [4.69, 9.17) is 5.73 Å². The normalized spacial score (nSPS) is 21.0. The molecule has 0 radical (unpaired) electrons. The molecular formula is C9H17N3O2. The van der Waals surface area contributed by atoms with Gasteiger partial charge in [-0.1, -0.05) is 0 Å². The molecule has 1 rings (SSSR count). The molecule has 1 saturated heterocycles. The third-order valence-corrected chi connectivity index (χ3v) is 2.46. The van der Waals surface area contributed by atoms with Crippen LogP contribution in [-0.2, 0) is 9.59 Å². The van der Waals surface area contributed by atoms with Crippen molar-refractivity contribution in [1.29, 1.82) is 0 Å². The maximum Gasteiger partial charge on any atom is 0.241 e. The topological polar surface area (TPSA) is 75.4 Å². The molecule has 3 N–H and O–H groups in total. The summed E-state index contributed by atoms with van der Waals surface area (Å²) < 4.78 is 0. The smallest absolute Gasteiger partial charge is 0.241 e. The minimum Gasteiger partial charge on any atom is -0.347 e. The predicted molar refractivity (Wildman–Crippen MR) is 52.4 cm³/mol. The second kappa shape index (κ2) is 4.95. The fourth-order valence-corrected chi connectivity index (χ4v) is 1.56. The molecule has 5 nitrogen and oxygen atoms in total. The number of hydrogen-bond donors (Lipinski definition) is 2. The first-order chi connectivity index (χ1) is 6.63. The number of nitrogens with two attached hydrogens (primary N) is 1. The number of hydrogen-bond acceptors (Lipinski definition) is 3. The summed E-state index contributed by atoms with van der Waals surface area (Å²) in [6.07, 6.45) is 0.975. The summed E-state index contributed by atoms with van der Waals surface area (Å²) in [5.74, 6) is 0.236. The van der Waals surface area contributed by atoms with Crippen molar-refractivity contribution in [3.05, 3.63) is 0 Å². The van der Waals surface area contributed by atoms with Crippen molar-refractivity contribution >= 4 is 11.8 Å². The van der Waals surface area contributed by atoms with Crippen molar-refractivity contribution in [2.75, 3.05) is 26.2 Å². The maximum atomic E-state index is 11.5. The maximum absolute atomic E-state index is 11.5. The fourth-order valence-electron chi connectivity index (χ4n) is 1.56. The lowest BCUT2D eigenvalue weighted by Gasteiger charge is -2.16. The monoisotopic (exact) mass is 199 g/mol.